The van der Waals surface area contributed by atoms with E-state index in [9.17, 15) is 9.90 Å². The number of H-pyrrole nitrogens is 1. The lowest BCUT2D eigenvalue weighted by Gasteiger charge is -2.26. The van der Waals surface area contributed by atoms with Crippen LogP contribution in [0.4, 0.5) is 0 Å². The fraction of sp³-hybridized carbons (Fsp3) is 0.750. The van der Waals surface area contributed by atoms with Crippen LogP contribution in [0.25, 0.3) is 0 Å². The number of ether oxygens (including phenoxy) is 1. The Hall–Kier alpha value is -0.760. The lowest BCUT2D eigenvalue weighted by Crippen LogP contribution is -2.37. The normalized spacial score (nSPS) is 15.2. The number of halogens is 1. The summed E-state index contributed by atoms with van der Waals surface area (Å²) in [5.74, 6) is 0.720. The molecule has 138 valence electrons. The Bertz CT molecular complexity index is 536. The average molecular weight is 378 g/mol. The molecule has 0 saturated carbocycles. The van der Waals surface area contributed by atoms with Gasteiger partial charge in [0, 0.05) is 25.4 Å². The van der Waals surface area contributed by atoms with Crippen LogP contribution in [0.15, 0.2) is 9.95 Å². The van der Waals surface area contributed by atoms with Crippen molar-refractivity contribution in [3.63, 3.8) is 0 Å². The molecule has 1 saturated heterocycles. The van der Waals surface area contributed by atoms with Gasteiger partial charge >= 0.3 is 0 Å². The summed E-state index contributed by atoms with van der Waals surface area (Å²) in [5.41, 5.74) is 0.210. The Morgan fingerprint density at radius 1 is 1.29 bits per heavy atom. The Balaban J connectivity index is 0.00000288. The maximum Gasteiger partial charge on any atom is 0.258 e. The van der Waals surface area contributed by atoms with Gasteiger partial charge in [-0.3, -0.25) is 9.69 Å². The maximum atomic E-state index is 12.1. The highest BCUT2D eigenvalue weighted by molar-refractivity contribution is 7.99. The number of morpholine rings is 1. The first-order valence-electron chi connectivity index (χ1n) is 8.45. The second kappa shape index (κ2) is 11.7. The molecule has 6 nitrogen and oxygen atoms in total. The van der Waals surface area contributed by atoms with Crippen LogP contribution in [0.3, 0.4) is 0 Å². The molecule has 0 unspecified atom stereocenters. The largest absolute Gasteiger partial charge is 0.493 e. The van der Waals surface area contributed by atoms with Crippen LogP contribution in [0.2, 0.25) is 0 Å². The molecule has 2 rings (SSSR count). The molecule has 0 radical (unpaired) electrons. The van der Waals surface area contributed by atoms with Crippen molar-refractivity contribution in [1.82, 2.24) is 14.9 Å². The fourth-order valence-corrected chi connectivity index (χ4v) is 3.44. The van der Waals surface area contributed by atoms with Gasteiger partial charge < -0.3 is 14.8 Å². The van der Waals surface area contributed by atoms with Gasteiger partial charge in [-0.25, -0.2) is 0 Å². The van der Waals surface area contributed by atoms with Crippen LogP contribution >= 0.6 is 24.2 Å². The highest BCUT2D eigenvalue weighted by Crippen LogP contribution is 2.18. The first-order valence-corrected chi connectivity index (χ1v) is 9.44. The number of unbranched alkanes of at least 4 members (excludes halogenated alkanes) is 3. The number of aromatic amines is 1. The number of hydrogen-bond acceptors (Lipinski definition) is 6. The molecule has 2 heterocycles. The molecule has 0 amide bonds. The van der Waals surface area contributed by atoms with Gasteiger partial charge in [0.2, 0.25) is 5.88 Å². The monoisotopic (exact) mass is 377 g/mol. The van der Waals surface area contributed by atoms with E-state index < -0.39 is 0 Å². The molecular weight excluding hydrogens is 350 g/mol. The summed E-state index contributed by atoms with van der Waals surface area (Å²) in [7, 11) is 0. The van der Waals surface area contributed by atoms with Crippen LogP contribution in [-0.4, -0.2) is 58.6 Å². The number of nitrogens with zero attached hydrogens (tertiary/aromatic N) is 2. The van der Waals surface area contributed by atoms with Crippen molar-refractivity contribution in [3.8, 4) is 5.88 Å². The molecule has 1 fully saturated rings. The van der Waals surface area contributed by atoms with E-state index in [1.54, 1.807) is 0 Å². The Morgan fingerprint density at radius 3 is 2.71 bits per heavy atom. The maximum absolute atomic E-state index is 12.1. The summed E-state index contributed by atoms with van der Waals surface area (Å²) in [6.07, 6.45) is 4.88. The number of nitrogens with one attached hydrogen (secondary N) is 1. The summed E-state index contributed by atoms with van der Waals surface area (Å²) in [6, 6.07) is 0. The van der Waals surface area contributed by atoms with Crippen molar-refractivity contribution in [2.75, 3.05) is 38.6 Å². The van der Waals surface area contributed by atoms with Crippen molar-refractivity contribution in [1.29, 1.82) is 0 Å². The number of aromatic nitrogens is 2. The number of aromatic hydroxyl groups is 1. The quantitative estimate of drug-likeness (QED) is 0.391. The number of thioether (sulfide) groups is 1. The van der Waals surface area contributed by atoms with Crippen molar-refractivity contribution in [2.45, 2.75) is 44.2 Å². The van der Waals surface area contributed by atoms with Crippen molar-refractivity contribution in [3.05, 3.63) is 15.9 Å². The molecule has 0 atom stereocenters. The highest BCUT2D eigenvalue weighted by Gasteiger charge is 2.13. The molecular formula is C16H28ClN3O3S. The fourth-order valence-electron chi connectivity index (χ4n) is 2.58. The molecule has 0 spiro atoms. The second-order valence-electron chi connectivity index (χ2n) is 5.79. The molecule has 24 heavy (non-hydrogen) atoms. The number of hydrogen-bond donors (Lipinski definition) is 2. The summed E-state index contributed by atoms with van der Waals surface area (Å²) < 4.78 is 5.31. The van der Waals surface area contributed by atoms with Gasteiger partial charge in [-0.2, -0.15) is 4.98 Å². The van der Waals surface area contributed by atoms with E-state index in [0.717, 1.165) is 64.3 Å². The predicted octanol–water partition coefficient (Wildman–Crippen LogP) is 2.44. The van der Waals surface area contributed by atoms with Crippen LogP contribution in [0.5, 0.6) is 5.88 Å². The predicted molar refractivity (Wildman–Crippen MR) is 99.6 cm³/mol. The standard InChI is InChI=1S/C16H27N3O3S.ClH/c1-2-3-4-5-6-13-14(20)17-16(18-15(13)21)23-12-9-19-7-10-22-11-8-19;/h2-12H2,1H3,(H2,17,18,20,21);1H. The minimum atomic E-state index is -0.206. The summed E-state index contributed by atoms with van der Waals surface area (Å²) in [4.78, 5) is 21.3. The van der Waals surface area contributed by atoms with Crippen molar-refractivity contribution in [2.24, 2.45) is 0 Å². The molecule has 1 aromatic heterocycles. The molecule has 1 aliphatic heterocycles. The molecule has 8 heteroatoms. The average Bonchev–Trinajstić information content (AvgIpc) is 2.54. The molecule has 0 bridgehead atoms. The summed E-state index contributed by atoms with van der Waals surface area (Å²) in [6.45, 7) is 6.55. The Labute approximate surface area is 153 Å². The van der Waals surface area contributed by atoms with Crippen LogP contribution in [-0.2, 0) is 11.2 Å². The summed E-state index contributed by atoms with van der Waals surface area (Å²) >= 11 is 1.47. The second-order valence-corrected chi connectivity index (χ2v) is 6.87. The molecule has 2 N–H and O–H groups in total. The van der Waals surface area contributed by atoms with E-state index in [0.29, 0.717) is 17.1 Å². The first-order chi connectivity index (χ1) is 11.2. The zero-order valence-electron chi connectivity index (χ0n) is 14.3. The summed E-state index contributed by atoms with van der Waals surface area (Å²) in [5, 5.41) is 10.5. The van der Waals surface area contributed by atoms with E-state index in [1.807, 2.05) is 0 Å². The third-order valence-electron chi connectivity index (χ3n) is 4.00. The van der Waals surface area contributed by atoms with Gasteiger partial charge in [-0.1, -0.05) is 37.9 Å². The Morgan fingerprint density at radius 2 is 2.04 bits per heavy atom. The Kier molecular flexibility index (Phi) is 10.4. The number of rotatable bonds is 9. The topological polar surface area (TPSA) is 78.5 Å². The van der Waals surface area contributed by atoms with Gasteiger partial charge in [0.1, 0.15) is 0 Å². The highest BCUT2D eigenvalue weighted by atomic mass is 35.5. The molecule has 1 aliphatic rings. The minimum Gasteiger partial charge on any atom is -0.493 e. The van der Waals surface area contributed by atoms with Crippen LogP contribution in [0, 0.1) is 0 Å². The molecule has 1 aromatic rings. The smallest absolute Gasteiger partial charge is 0.258 e. The van der Waals surface area contributed by atoms with Crippen LogP contribution in [0.1, 0.15) is 38.2 Å². The minimum absolute atomic E-state index is 0. The van der Waals surface area contributed by atoms with Crippen molar-refractivity contribution < 1.29 is 9.84 Å². The van der Waals surface area contributed by atoms with E-state index >= 15 is 0 Å². The zero-order chi connectivity index (χ0) is 16.5. The van der Waals surface area contributed by atoms with E-state index in [4.69, 9.17) is 4.74 Å². The van der Waals surface area contributed by atoms with E-state index in [1.165, 1.54) is 11.8 Å². The van der Waals surface area contributed by atoms with E-state index in [2.05, 4.69) is 21.8 Å². The van der Waals surface area contributed by atoms with Crippen molar-refractivity contribution >= 4 is 24.2 Å². The van der Waals surface area contributed by atoms with Gasteiger partial charge in [0.05, 0.1) is 18.8 Å². The third-order valence-corrected chi connectivity index (χ3v) is 4.86. The van der Waals surface area contributed by atoms with E-state index in [-0.39, 0.29) is 23.8 Å². The molecule has 0 aliphatic carbocycles. The van der Waals surface area contributed by atoms with Crippen LogP contribution < -0.4 is 5.56 Å². The van der Waals surface area contributed by atoms with Gasteiger partial charge in [0.15, 0.2) is 5.16 Å². The van der Waals surface area contributed by atoms with Gasteiger partial charge in [-0.05, 0) is 12.8 Å². The lowest BCUT2D eigenvalue weighted by molar-refractivity contribution is 0.0410. The van der Waals surface area contributed by atoms with Gasteiger partial charge in [0.25, 0.3) is 5.56 Å². The first kappa shape index (κ1) is 21.3. The zero-order valence-corrected chi connectivity index (χ0v) is 15.9. The lowest BCUT2D eigenvalue weighted by atomic mass is 10.1. The molecule has 0 aromatic carbocycles. The third kappa shape index (κ3) is 7.01. The van der Waals surface area contributed by atoms with Gasteiger partial charge in [-0.15, -0.1) is 12.4 Å². The SMILES string of the molecule is CCCCCCc1c(O)nc(SCCN2CCOCC2)[nH]c1=O.Cl.